The van der Waals surface area contributed by atoms with Crippen LogP contribution >= 0.6 is 38.9 Å². The van der Waals surface area contributed by atoms with Gasteiger partial charge in [0, 0.05) is 17.4 Å². The predicted molar refractivity (Wildman–Crippen MR) is 117 cm³/mol. The van der Waals surface area contributed by atoms with E-state index < -0.39 is 0 Å². The highest BCUT2D eigenvalue weighted by molar-refractivity contribution is 9.10. The molecule has 1 aliphatic rings. The highest BCUT2D eigenvalue weighted by Crippen LogP contribution is 2.41. The maximum absolute atomic E-state index is 12.0. The van der Waals surface area contributed by atoms with E-state index in [0.29, 0.717) is 10.6 Å². The number of aryl methyl sites for hydroxylation is 1. The number of H-pyrrole nitrogens is 1. The number of benzene rings is 1. The van der Waals surface area contributed by atoms with E-state index in [2.05, 4.69) is 37.3 Å². The van der Waals surface area contributed by atoms with Gasteiger partial charge in [0.1, 0.15) is 10.5 Å². The van der Waals surface area contributed by atoms with Crippen LogP contribution in [0.25, 0.3) is 10.2 Å². The SMILES string of the molecule is O=c1[nH]c(CCCCC[C@@H]2CCNc3c(Cl)cc(Br)cc32)nc2ccsc12. The molecule has 0 aliphatic carbocycles. The largest absolute Gasteiger partial charge is 0.384 e. The van der Waals surface area contributed by atoms with Crippen molar-refractivity contribution in [2.45, 2.75) is 44.4 Å². The molecule has 4 rings (SSSR count). The van der Waals surface area contributed by atoms with Crippen molar-refractivity contribution in [2.24, 2.45) is 0 Å². The van der Waals surface area contributed by atoms with E-state index in [9.17, 15) is 4.79 Å². The van der Waals surface area contributed by atoms with Crippen molar-refractivity contribution in [3.8, 4) is 0 Å². The zero-order chi connectivity index (χ0) is 18.8. The first-order chi connectivity index (χ1) is 13.1. The van der Waals surface area contributed by atoms with Crippen LogP contribution in [0, 0.1) is 0 Å². The molecule has 0 fully saturated rings. The molecular weight excluding hydrogens is 446 g/mol. The Morgan fingerprint density at radius 3 is 3.07 bits per heavy atom. The molecule has 0 bridgehead atoms. The molecule has 2 N–H and O–H groups in total. The third-order valence-corrected chi connectivity index (χ3v) is 6.81. The number of aromatic nitrogens is 2. The van der Waals surface area contributed by atoms with Gasteiger partial charge in [-0.05, 0) is 54.3 Å². The number of halogens is 2. The molecule has 27 heavy (non-hydrogen) atoms. The van der Waals surface area contributed by atoms with Crippen molar-refractivity contribution >= 4 is 54.8 Å². The van der Waals surface area contributed by atoms with Crippen molar-refractivity contribution in [1.29, 1.82) is 0 Å². The Balaban J connectivity index is 1.31. The fourth-order valence-electron chi connectivity index (χ4n) is 3.83. The molecule has 0 amide bonds. The van der Waals surface area contributed by atoms with Crippen LogP contribution in [-0.2, 0) is 6.42 Å². The second kappa shape index (κ2) is 8.33. The normalized spacial score (nSPS) is 16.3. The summed E-state index contributed by atoms with van der Waals surface area (Å²) in [6.45, 7) is 0.977. The van der Waals surface area contributed by atoms with Crippen molar-refractivity contribution in [2.75, 3.05) is 11.9 Å². The van der Waals surface area contributed by atoms with E-state index in [1.165, 1.54) is 23.3 Å². The Morgan fingerprint density at radius 2 is 2.19 bits per heavy atom. The van der Waals surface area contributed by atoms with Gasteiger partial charge < -0.3 is 10.3 Å². The summed E-state index contributed by atoms with van der Waals surface area (Å²) in [5.41, 5.74) is 3.22. The maximum Gasteiger partial charge on any atom is 0.268 e. The summed E-state index contributed by atoms with van der Waals surface area (Å²) in [5, 5.41) is 6.14. The van der Waals surface area contributed by atoms with E-state index >= 15 is 0 Å². The molecule has 1 aromatic carbocycles. The molecule has 1 aliphatic heterocycles. The number of anilines is 1. The molecule has 3 heterocycles. The van der Waals surface area contributed by atoms with Crippen molar-refractivity contribution in [3.63, 3.8) is 0 Å². The van der Waals surface area contributed by atoms with Gasteiger partial charge in [-0.25, -0.2) is 4.98 Å². The Bertz CT molecular complexity index is 1020. The van der Waals surface area contributed by atoms with Gasteiger partial charge in [0.05, 0.1) is 16.2 Å². The monoisotopic (exact) mass is 465 g/mol. The molecule has 4 nitrogen and oxygen atoms in total. The fourth-order valence-corrected chi connectivity index (χ4v) is 5.46. The van der Waals surface area contributed by atoms with Gasteiger partial charge >= 0.3 is 0 Å². The molecule has 0 saturated carbocycles. The average Bonchev–Trinajstić information content (AvgIpc) is 3.11. The van der Waals surface area contributed by atoms with Gasteiger partial charge in [-0.3, -0.25) is 4.79 Å². The predicted octanol–water partition coefficient (Wildman–Crippen LogP) is 6.10. The molecule has 1 atom stereocenters. The van der Waals surface area contributed by atoms with Crippen LogP contribution in [0.3, 0.4) is 0 Å². The number of nitrogens with one attached hydrogen (secondary N) is 2. The fraction of sp³-hybridized carbons (Fsp3) is 0.400. The zero-order valence-corrected chi connectivity index (χ0v) is 18.0. The standard InChI is InChI=1S/C20H21BrClN3OS/c21-13-10-14-12(6-8-23-18(14)15(22)11-13)4-2-1-3-5-17-24-16-7-9-27-19(16)20(26)25-17/h7,9-12,23H,1-6,8H2,(H,24,25,26)/t12-/m1/s1. The zero-order valence-electron chi connectivity index (χ0n) is 14.9. The second-order valence-electron chi connectivity index (χ2n) is 7.01. The minimum atomic E-state index is -0.0150. The van der Waals surface area contributed by atoms with Crippen LogP contribution in [0.1, 0.15) is 49.4 Å². The first-order valence-electron chi connectivity index (χ1n) is 9.31. The molecule has 0 unspecified atom stereocenters. The van der Waals surface area contributed by atoms with Crippen molar-refractivity contribution < 1.29 is 0 Å². The lowest BCUT2D eigenvalue weighted by Gasteiger charge is -2.28. The van der Waals surface area contributed by atoms with Crippen LogP contribution in [0.2, 0.25) is 5.02 Å². The summed E-state index contributed by atoms with van der Waals surface area (Å²) in [4.78, 5) is 19.5. The van der Waals surface area contributed by atoms with E-state index in [1.54, 1.807) is 0 Å². The minimum Gasteiger partial charge on any atom is -0.384 e. The molecule has 0 radical (unpaired) electrons. The lowest BCUT2D eigenvalue weighted by atomic mass is 9.86. The summed E-state index contributed by atoms with van der Waals surface area (Å²) >= 11 is 11.4. The molecule has 0 spiro atoms. The summed E-state index contributed by atoms with van der Waals surface area (Å²) in [5.74, 6) is 1.35. The van der Waals surface area contributed by atoms with Crippen LogP contribution in [0.4, 0.5) is 5.69 Å². The number of rotatable bonds is 6. The molecular formula is C20H21BrClN3OS. The molecule has 2 aromatic heterocycles. The maximum atomic E-state index is 12.0. The van der Waals surface area contributed by atoms with Crippen LogP contribution in [-0.4, -0.2) is 16.5 Å². The molecule has 7 heteroatoms. The summed E-state index contributed by atoms with van der Waals surface area (Å²) in [6.07, 6.45) is 6.46. The quantitative estimate of drug-likeness (QED) is 0.431. The number of unbranched alkanes of at least 4 members (excludes halogenated alkanes) is 2. The number of hydrogen-bond acceptors (Lipinski definition) is 4. The highest BCUT2D eigenvalue weighted by Gasteiger charge is 2.22. The number of aromatic amines is 1. The number of nitrogens with zero attached hydrogens (tertiary/aromatic N) is 1. The van der Waals surface area contributed by atoms with E-state index in [4.69, 9.17) is 11.6 Å². The van der Waals surface area contributed by atoms with Crippen LogP contribution in [0.5, 0.6) is 0 Å². The number of hydrogen-bond donors (Lipinski definition) is 2. The van der Waals surface area contributed by atoms with Gasteiger partial charge in [-0.15, -0.1) is 11.3 Å². The second-order valence-corrected chi connectivity index (χ2v) is 9.25. The van der Waals surface area contributed by atoms with Gasteiger partial charge in [0.2, 0.25) is 0 Å². The Morgan fingerprint density at radius 1 is 1.30 bits per heavy atom. The number of fused-ring (bicyclic) bond motifs is 2. The topological polar surface area (TPSA) is 57.8 Å². The van der Waals surface area contributed by atoms with Crippen molar-refractivity contribution in [1.82, 2.24) is 9.97 Å². The van der Waals surface area contributed by atoms with E-state index in [0.717, 1.165) is 65.2 Å². The average molecular weight is 467 g/mol. The van der Waals surface area contributed by atoms with Crippen LogP contribution in [0.15, 0.2) is 32.8 Å². The lowest BCUT2D eigenvalue weighted by Crippen LogP contribution is -2.17. The van der Waals surface area contributed by atoms with Gasteiger partial charge in [0.25, 0.3) is 5.56 Å². The Labute approximate surface area is 175 Å². The molecule has 142 valence electrons. The highest BCUT2D eigenvalue weighted by atomic mass is 79.9. The summed E-state index contributed by atoms with van der Waals surface area (Å²) in [6, 6.07) is 6.06. The molecule has 0 saturated heterocycles. The minimum absolute atomic E-state index is 0.0150. The lowest BCUT2D eigenvalue weighted by molar-refractivity contribution is 0.527. The summed E-state index contributed by atoms with van der Waals surface area (Å²) < 4.78 is 1.76. The molecule has 3 aromatic rings. The van der Waals surface area contributed by atoms with Gasteiger partial charge in [-0.2, -0.15) is 0 Å². The smallest absolute Gasteiger partial charge is 0.268 e. The third-order valence-electron chi connectivity index (χ3n) is 5.15. The Kier molecular flexibility index (Phi) is 5.85. The van der Waals surface area contributed by atoms with E-state index in [1.807, 2.05) is 17.5 Å². The summed E-state index contributed by atoms with van der Waals surface area (Å²) in [7, 11) is 0. The van der Waals surface area contributed by atoms with Crippen LogP contribution < -0.4 is 10.9 Å². The van der Waals surface area contributed by atoms with Gasteiger partial charge in [0.15, 0.2) is 0 Å². The number of thiophene rings is 1. The van der Waals surface area contributed by atoms with E-state index in [-0.39, 0.29) is 5.56 Å². The first kappa shape index (κ1) is 19.0. The third kappa shape index (κ3) is 4.23. The Hall–Kier alpha value is -1.37. The van der Waals surface area contributed by atoms with Gasteiger partial charge in [-0.1, -0.05) is 40.4 Å². The first-order valence-corrected chi connectivity index (χ1v) is 11.4. The van der Waals surface area contributed by atoms with Crippen molar-refractivity contribution in [3.05, 3.63) is 54.8 Å².